The molecule has 0 spiro atoms. The minimum absolute atomic E-state index is 0.0905. The first-order valence-electron chi connectivity index (χ1n) is 9.52. The van der Waals surface area contributed by atoms with Crippen LogP contribution in [-0.2, 0) is 9.53 Å². The topological polar surface area (TPSA) is 58.6 Å². The highest BCUT2D eigenvalue weighted by molar-refractivity contribution is 5.89. The lowest BCUT2D eigenvalue weighted by Gasteiger charge is -2.20. The van der Waals surface area contributed by atoms with Crippen LogP contribution in [0.3, 0.4) is 0 Å². The molecule has 1 aromatic rings. The quantitative estimate of drug-likeness (QED) is 0.824. The van der Waals surface area contributed by atoms with Crippen molar-refractivity contribution in [1.29, 1.82) is 0 Å². The molecule has 138 valence electrons. The van der Waals surface area contributed by atoms with Gasteiger partial charge in [0.05, 0.1) is 13.1 Å². The Morgan fingerprint density at radius 1 is 1.19 bits per heavy atom. The van der Waals surface area contributed by atoms with Crippen LogP contribution in [-0.4, -0.2) is 31.7 Å². The van der Waals surface area contributed by atoms with Crippen LogP contribution in [0.5, 0.6) is 0 Å². The van der Waals surface area contributed by atoms with E-state index in [2.05, 4.69) is 17.2 Å². The predicted octanol–water partition coefficient (Wildman–Crippen LogP) is 3.47. The van der Waals surface area contributed by atoms with E-state index in [1.54, 1.807) is 4.90 Å². The van der Waals surface area contributed by atoms with E-state index in [0.717, 1.165) is 23.6 Å². The van der Waals surface area contributed by atoms with Crippen molar-refractivity contribution in [1.82, 2.24) is 5.32 Å². The van der Waals surface area contributed by atoms with Crippen molar-refractivity contribution in [3.63, 3.8) is 0 Å². The fraction of sp³-hybridized carbons (Fsp3) is 0.524. The maximum absolute atomic E-state index is 11.9. The molecule has 0 atom stereocenters. The van der Waals surface area contributed by atoms with Crippen LogP contribution in [0, 0.1) is 17.8 Å². The van der Waals surface area contributed by atoms with Gasteiger partial charge < -0.3 is 10.1 Å². The van der Waals surface area contributed by atoms with E-state index in [-0.39, 0.29) is 12.0 Å². The fourth-order valence-corrected chi connectivity index (χ4v) is 3.54. The minimum atomic E-state index is -0.306. The number of cyclic esters (lactones) is 1. The molecule has 0 radical (unpaired) electrons. The summed E-state index contributed by atoms with van der Waals surface area (Å²) in [6.45, 7) is 1.38. The number of nitrogens with one attached hydrogen (secondary N) is 1. The zero-order valence-corrected chi connectivity index (χ0v) is 15.1. The summed E-state index contributed by atoms with van der Waals surface area (Å²) in [6.07, 6.45) is 7.83. The summed E-state index contributed by atoms with van der Waals surface area (Å²) in [5, 5.41) is 2.87. The van der Waals surface area contributed by atoms with Gasteiger partial charge in [-0.1, -0.05) is 43.9 Å². The summed E-state index contributed by atoms with van der Waals surface area (Å²) in [6, 6.07) is 7.47. The van der Waals surface area contributed by atoms with Gasteiger partial charge in [-0.3, -0.25) is 9.69 Å². The molecule has 26 heavy (non-hydrogen) atoms. The number of nitrogens with zero attached hydrogens (tertiary/aromatic N) is 1. The van der Waals surface area contributed by atoms with Crippen molar-refractivity contribution in [2.75, 3.05) is 24.6 Å². The summed E-state index contributed by atoms with van der Waals surface area (Å²) in [5.74, 6) is 6.84. The highest BCUT2D eigenvalue weighted by Gasteiger charge is 2.23. The van der Waals surface area contributed by atoms with E-state index >= 15 is 0 Å². The molecule has 0 unspecified atom stereocenters. The van der Waals surface area contributed by atoms with Crippen LogP contribution < -0.4 is 10.2 Å². The first kappa shape index (κ1) is 18.3. The molecule has 1 aromatic carbocycles. The molecular weight excluding hydrogens is 328 g/mol. The van der Waals surface area contributed by atoms with Gasteiger partial charge in [0.25, 0.3) is 0 Å². The van der Waals surface area contributed by atoms with Gasteiger partial charge in [-0.05, 0) is 36.6 Å². The van der Waals surface area contributed by atoms with Gasteiger partial charge in [0.1, 0.15) is 6.61 Å². The van der Waals surface area contributed by atoms with E-state index in [1.807, 2.05) is 24.3 Å². The minimum Gasteiger partial charge on any atom is -0.447 e. The average Bonchev–Trinajstić information content (AvgIpc) is 3.11. The Morgan fingerprint density at radius 2 is 1.96 bits per heavy atom. The smallest absolute Gasteiger partial charge is 0.414 e. The average molecular weight is 354 g/mol. The molecule has 1 saturated carbocycles. The van der Waals surface area contributed by atoms with Gasteiger partial charge >= 0.3 is 6.09 Å². The normalized spacial score (nSPS) is 17.4. The van der Waals surface area contributed by atoms with E-state index in [4.69, 9.17) is 4.74 Å². The maximum atomic E-state index is 11.9. The summed E-state index contributed by atoms with van der Waals surface area (Å²) in [5.41, 5.74) is 1.67. The van der Waals surface area contributed by atoms with Crippen molar-refractivity contribution < 1.29 is 14.3 Å². The molecule has 5 nitrogen and oxygen atoms in total. The number of carbonyl (C=O) groups is 2. The molecule has 0 bridgehead atoms. The summed E-state index contributed by atoms with van der Waals surface area (Å²) >= 11 is 0. The molecule has 1 heterocycles. The zero-order chi connectivity index (χ0) is 18.2. The fourth-order valence-electron chi connectivity index (χ4n) is 3.54. The number of carbonyl (C=O) groups excluding carboxylic acids is 2. The lowest BCUT2D eigenvalue weighted by atomic mass is 9.86. The molecule has 1 aliphatic heterocycles. The monoisotopic (exact) mass is 354 g/mol. The Balaban J connectivity index is 1.39. The van der Waals surface area contributed by atoms with Crippen molar-refractivity contribution in [3.05, 3.63) is 29.8 Å². The Labute approximate surface area is 155 Å². The second-order valence-electron chi connectivity index (χ2n) is 6.93. The highest BCUT2D eigenvalue weighted by Crippen LogP contribution is 2.27. The third kappa shape index (κ3) is 5.26. The molecule has 5 heteroatoms. The van der Waals surface area contributed by atoms with E-state index < -0.39 is 0 Å². The van der Waals surface area contributed by atoms with E-state index in [1.165, 1.54) is 32.1 Å². The van der Waals surface area contributed by atoms with Crippen LogP contribution in [0.15, 0.2) is 24.3 Å². The number of rotatable bonds is 5. The second-order valence-corrected chi connectivity index (χ2v) is 6.93. The first-order chi connectivity index (χ1) is 12.7. The Bertz CT molecular complexity index is 681. The van der Waals surface area contributed by atoms with Gasteiger partial charge in [-0.2, -0.15) is 0 Å². The molecule has 1 saturated heterocycles. The molecular formula is C21H26N2O3. The van der Waals surface area contributed by atoms with Crippen molar-refractivity contribution in [3.8, 4) is 11.8 Å². The van der Waals surface area contributed by atoms with Crippen LogP contribution in [0.1, 0.15) is 50.5 Å². The number of hydrogen-bond acceptors (Lipinski definition) is 3. The lowest BCUT2D eigenvalue weighted by molar-refractivity contribution is -0.121. The van der Waals surface area contributed by atoms with Crippen LogP contribution in [0.4, 0.5) is 10.5 Å². The number of hydrogen-bond donors (Lipinski definition) is 1. The number of benzene rings is 1. The summed E-state index contributed by atoms with van der Waals surface area (Å²) in [4.78, 5) is 25.0. The van der Waals surface area contributed by atoms with Crippen LogP contribution in [0.2, 0.25) is 0 Å². The van der Waals surface area contributed by atoms with Gasteiger partial charge in [0.15, 0.2) is 0 Å². The largest absolute Gasteiger partial charge is 0.447 e. The third-order valence-electron chi connectivity index (χ3n) is 5.05. The number of amides is 2. The van der Waals surface area contributed by atoms with Crippen LogP contribution >= 0.6 is 0 Å². The lowest BCUT2D eigenvalue weighted by Crippen LogP contribution is -2.24. The Hall–Kier alpha value is -2.48. The molecule has 3 rings (SSSR count). The van der Waals surface area contributed by atoms with E-state index in [0.29, 0.717) is 26.1 Å². The third-order valence-corrected chi connectivity index (χ3v) is 5.05. The van der Waals surface area contributed by atoms with Gasteiger partial charge in [0.2, 0.25) is 5.91 Å². The standard InChI is InChI=1S/C21H26N2O3/c24-20(13-10-17-5-2-1-3-6-17)22-14-4-7-18-8-11-19(12-9-18)23-15-16-26-21(23)25/h8-9,11-12,17H,1-3,5-6,10,13-16H2,(H,22,24). The zero-order valence-electron chi connectivity index (χ0n) is 15.1. The molecule has 1 N–H and O–H groups in total. The maximum Gasteiger partial charge on any atom is 0.414 e. The van der Waals surface area contributed by atoms with Crippen molar-refractivity contribution in [2.24, 2.45) is 5.92 Å². The Morgan fingerprint density at radius 3 is 2.65 bits per heavy atom. The SMILES string of the molecule is O=C(CCC1CCCCC1)NCC#Cc1ccc(N2CCOC2=O)cc1. The van der Waals surface area contributed by atoms with Crippen LogP contribution in [0.25, 0.3) is 0 Å². The number of anilines is 1. The molecule has 0 aromatic heterocycles. The first-order valence-corrected chi connectivity index (χ1v) is 9.52. The van der Waals surface area contributed by atoms with Crippen molar-refractivity contribution >= 4 is 17.7 Å². The molecule has 2 fully saturated rings. The second kappa shape index (κ2) is 9.28. The van der Waals surface area contributed by atoms with Gasteiger partial charge in [0, 0.05) is 17.7 Å². The predicted molar refractivity (Wildman–Crippen MR) is 101 cm³/mol. The van der Waals surface area contributed by atoms with Gasteiger partial charge in [-0.15, -0.1) is 0 Å². The van der Waals surface area contributed by atoms with Gasteiger partial charge in [-0.25, -0.2) is 4.79 Å². The van der Waals surface area contributed by atoms with Crippen molar-refractivity contribution in [2.45, 2.75) is 44.9 Å². The molecule has 2 amide bonds. The Kier molecular flexibility index (Phi) is 6.54. The highest BCUT2D eigenvalue weighted by atomic mass is 16.6. The molecule has 2 aliphatic rings. The van der Waals surface area contributed by atoms with E-state index in [9.17, 15) is 9.59 Å². The molecule has 1 aliphatic carbocycles. The summed E-state index contributed by atoms with van der Waals surface area (Å²) < 4.78 is 4.93. The number of ether oxygens (including phenoxy) is 1. The summed E-state index contributed by atoms with van der Waals surface area (Å²) in [7, 11) is 0.